The summed E-state index contributed by atoms with van der Waals surface area (Å²) in [5, 5.41) is 9.01. The Hall–Kier alpha value is -1.51. The molecule has 12 nitrogen and oxygen atoms in total. The Balaban J connectivity index is 0.000000285. The number of hydrogen-bond donors (Lipinski definition) is 1. The van der Waals surface area contributed by atoms with Gasteiger partial charge >= 0.3 is 21.4 Å². The SMILES string of the molecule is CC1(C)OB(CB2OC(C)(C)C(C)(C)O2)OC1(C)C.CCI.CCOc1cc(B2OC(C)(C)C(C)(C)O2)cnc1C.CCOc1cc(Br)cnc1C.Cc1ncc(Br)cc1O. The van der Waals surface area contributed by atoms with E-state index in [2.05, 4.69) is 132 Å². The quantitative estimate of drug-likeness (QED) is 0.137. The highest BCUT2D eigenvalue weighted by Crippen LogP contribution is 2.42. The fourth-order valence-electron chi connectivity index (χ4n) is 5.51. The van der Waals surface area contributed by atoms with Gasteiger partial charge in [0.25, 0.3) is 0 Å². The minimum atomic E-state index is -0.391. The normalized spacial score (nSPS) is 19.5. The molecule has 6 rings (SSSR count). The second kappa shape index (κ2) is 23.1. The van der Waals surface area contributed by atoms with E-state index < -0.39 is 7.12 Å². The van der Waals surface area contributed by atoms with E-state index in [1.165, 1.54) is 4.43 Å². The molecule has 0 bridgehead atoms. The number of nitrogens with zero attached hydrogens (tertiary/aromatic N) is 3. The Bertz CT molecular complexity index is 1780. The lowest BCUT2D eigenvalue weighted by atomic mass is 9.64. The summed E-state index contributed by atoms with van der Waals surface area (Å²) in [4.78, 5) is 12.4. The second-order valence-corrected chi connectivity index (χ2v) is 21.0. The zero-order chi connectivity index (χ0) is 46.8. The third kappa shape index (κ3) is 15.9. The maximum atomic E-state index is 9.01. The van der Waals surface area contributed by atoms with Crippen LogP contribution in [0.1, 0.15) is 121 Å². The Morgan fingerprint density at radius 2 is 0.885 bits per heavy atom. The standard InChI is InChI=1S/C14H22BNO3.C13H26B2O4.C8H10BrNO.C6H6BrNO.C2H5I/c1-7-17-12-8-11(9-16-10(12)2)15-18-13(3,4)14(5,6)19-15;1-10(2)11(3,4)17-14(16-10)9-15-18-12(5,6)13(7,8)19-15;1-3-11-8-4-7(9)5-10-6(8)2;1-4-6(9)2-5(7)3-8-4;1-2-3/h8-9H,7H2,1-6H3;9H2,1-8H3;4-5H,3H2,1-2H3;2-3,9H,1H3;2H2,1H3. The maximum Gasteiger partial charge on any atom is 0.496 e. The van der Waals surface area contributed by atoms with Gasteiger partial charge in [-0.05, 0) is 172 Å². The average molecular weight is 1090 g/mol. The van der Waals surface area contributed by atoms with E-state index >= 15 is 0 Å². The van der Waals surface area contributed by atoms with Gasteiger partial charge in [0.15, 0.2) is 0 Å². The first-order valence-electron chi connectivity index (χ1n) is 20.8. The van der Waals surface area contributed by atoms with Crippen LogP contribution >= 0.6 is 54.5 Å². The van der Waals surface area contributed by atoms with Crippen molar-refractivity contribution in [3.05, 3.63) is 62.8 Å². The second-order valence-electron chi connectivity index (χ2n) is 17.7. The van der Waals surface area contributed by atoms with E-state index in [0.29, 0.717) is 25.1 Å². The predicted octanol–water partition coefficient (Wildman–Crippen LogP) is 10.6. The molecule has 3 aliphatic rings. The molecule has 0 aliphatic carbocycles. The zero-order valence-corrected chi connectivity index (χ0v) is 45.0. The van der Waals surface area contributed by atoms with Crippen molar-refractivity contribution in [1.29, 1.82) is 0 Å². The van der Waals surface area contributed by atoms with Crippen LogP contribution in [0.5, 0.6) is 17.2 Å². The molecule has 0 spiro atoms. The molecular formula is C43H69B3Br2IN3O9. The predicted molar refractivity (Wildman–Crippen MR) is 264 cm³/mol. The number of hydrogen-bond acceptors (Lipinski definition) is 12. The molecule has 0 unspecified atom stereocenters. The van der Waals surface area contributed by atoms with Crippen LogP contribution in [0, 0.1) is 20.8 Å². The Morgan fingerprint density at radius 1 is 0.557 bits per heavy atom. The highest BCUT2D eigenvalue weighted by molar-refractivity contribution is 14.1. The van der Waals surface area contributed by atoms with Crippen LogP contribution in [0.2, 0.25) is 6.22 Å². The molecular weight excluding hydrogens is 1020 g/mol. The summed E-state index contributed by atoms with van der Waals surface area (Å²) in [6.45, 7) is 37.5. The number of pyridine rings is 3. The lowest BCUT2D eigenvalue weighted by Gasteiger charge is -2.32. The van der Waals surface area contributed by atoms with Crippen molar-refractivity contribution in [2.45, 2.75) is 164 Å². The number of aromatic nitrogens is 3. The molecule has 18 heteroatoms. The average Bonchev–Trinajstić information content (AvgIpc) is 3.58. The van der Waals surface area contributed by atoms with Gasteiger partial charge < -0.3 is 42.5 Å². The van der Waals surface area contributed by atoms with E-state index in [9.17, 15) is 0 Å². The first-order valence-corrected chi connectivity index (χ1v) is 23.9. The summed E-state index contributed by atoms with van der Waals surface area (Å²) < 4.78 is 49.8. The fraction of sp³-hybridized carbons (Fsp3) is 0.651. The third-order valence-electron chi connectivity index (χ3n) is 11.2. The minimum Gasteiger partial charge on any atom is -0.506 e. The van der Waals surface area contributed by atoms with E-state index in [1.807, 2.05) is 67.5 Å². The van der Waals surface area contributed by atoms with Crippen LogP contribution in [0.15, 0.2) is 45.7 Å². The minimum absolute atomic E-state index is 0.226. The van der Waals surface area contributed by atoms with Crippen LogP contribution in [-0.2, 0) is 27.9 Å². The van der Waals surface area contributed by atoms with Gasteiger partial charge in [0, 0.05) is 39.2 Å². The van der Waals surface area contributed by atoms with Gasteiger partial charge in [-0.25, -0.2) is 0 Å². The summed E-state index contributed by atoms with van der Waals surface area (Å²) in [5.74, 6) is 1.86. The number of aryl methyl sites for hydroxylation is 3. The Morgan fingerprint density at radius 3 is 1.25 bits per heavy atom. The van der Waals surface area contributed by atoms with Crippen molar-refractivity contribution in [3.8, 4) is 17.2 Å². The number of halogens is 3. The number of rotatable bonds is 7. The summed E-state index contributed by atoms with van der Waals surface area (Å²) in [5.41, 5.74) is 1.46. The molecule has 6 heterocycles. The maximum absolute atomic E-state index is 9.01. The van der Waals surface area contributed by atoms with E-state index in [4.69, 9.17) is 42.5 Å². The van der Waals surface area contributed by atoms with Crippen LogP contribution in [-0.4, -0.2) is 92.7 Å². The molecule has 3 fully saturated rings. The van der Waals surface area contributed by atoms with Gasteiger partial charge in [0.05, 0.1) is 63.9 Å². The van der Waals surface area contributed by atoms with Crippen molar-refractivity contribution in [2.75, 3.05) is 17.6 Å². The number of alkyl halides is 1. The monoisotopic (exact) mass is 1090 g/mol. The smallest absolute Gasteiger partial charge is 0.496 e. The van der Waals surface area contributed by atoms with Gasteiger partial charge in [-0.1, -0.05) is 29.5 Å². The molecule has 0 amide bonds. The van der Waals surface area contributed by atoms with Crippen molar-refractivity contribution in [2.24, 2.45) is 0 Å². The molecule has 3 aromatic rings. The van der Waals surface area contributed by atoms with Crippen molar-refractivity contribution >= 4 is 81.3 Å². The van der Waals surface area contributed by atoms with Crippen LogP contribution < -0.4 is 14.9 Å². The fourth-order valence-corrected chi connectivity index (χ4v) is 6.13. The molecule has 0 saturated carbocycles. The molecule has 1 N–H and O–H groups in total. The highest BCUT2D eigenvalue weighted by Gasteiger charge is 2.57. The Kier molecular flexibility index (Phi) is 21.1. The van der Waals surface area contributed by atoms with Gasteiger partial charge in [-0.2, -0.15) is 0 Å². The van der Waals surface area contributed by atoms with Crippen LogP contribution in [0.25, 0.3) is 0 Å². The summed E-state index contributed by atoms with van der Waals surface area (Å²) in [6.07, 6.45) is 5.80. The molecule has 0 radical (unpaired) electrons. The molecule has 0 aromatic carbocycles. The highest BCUT2D eigenvalue weighted by atomic mass is 127. The van der Waals surface area contributed by atoms with Crippen LogP contribution in [0.3, 0.4) is 0 Å². The van der Waals surface area contributed by atoms with Gasteiger partial charge in [0.2, 0.25) is 0 Å². The van der Waals surface area contributed by atoms with E-state index in [1.54, 1.807) is 31.6 Å². The van der Waals surface area contributed by atoms with Crippen molar-refractivity contribution in [1.82, 2.24) is 15.0 Å². The van der Waals surface area contributed by atoms with E-state index in [0.717, 1.165) is 37.3 Å². The number of ether oxygens (including phenoxy) is 2. The number of aromatic hydroxyl groups is 1. The first kappa shape index (κ1) is 55.6. The largest absolute Gasteiger partial charge is 0.506 e. The lowest BCUT2D eigenvalue weighted by molar-refractivity contribution is 0.00578. The Labute approximate surface area is 398 Å². The lowest BCUT2D eigenvalue weighted by Crippen LogP contribution is -2.41. The summed E-state index contributed by atoms with van der Waals surface area (Å²) >= 11 is 8.79. The topological polar surface area (TPSA) is 133 Å². The van der Waals surface area contributed by atoms with E-state index in [-0.39, 0.29) is 53.6 Å². The third-order valence-corrected chi connectivity index (χ3v) is 12.1. The summed E-state index contributed by atoms with van der Waals surface area (Å²) in [7, 11) is -0.947. The molecule has 3 aromatic heterocycles. The zero-order valence-electron chi connectivity index (χ0n) is 39.7. The van der Waals surface area contributed by atoms with Crippen LogP contribution in [0.4, 0.5) is 0 Å². The molecule has 0 atom stereocenters. The molecule has 340 valence electrons. The summed E-state index contributed by atoms with van der Waals surface area (Å²) in [6, 6.07) is 5.49. The van der Waals surface area contributed by atoms with Gasteiger partial charge in [-0.3, -0.25) is 15.0 Å². The van der Waals surface area contributed by atoms with Gasteiger partial charge in [0.1, 0.15) is 17.2 Å². The van der Waals surface area contributed by atoms with Crippen molar-refractivity contribution < 1.29 is 42.5 Å². The molecule has 3 saturated heterocycles. The van der Waals surface area contributed by atoms with Gasteiger partial charge in [-0.15, -0.1) is 0 Å². The molecule has 3 aliphatic heterocycles. The van der Waals surface area contributed by atoms with Crippen molar-refractivity contribution in [3.63, 3.8) is 0 Å². The first-order chi connectivity index (χ1) is 28.0. The molecule has 61 heavy (non-hydrogen) atoms.